The van der Waals surface area contributed by atoms with Crippen molar-refractivity contribution in [3.05, 3.63) is 48.0 Å². The molecule has 202 valence electrons. The van der Waals surface area contributed by atoms with Crippen molar-refractivity contribution in [2.45, 2.75) is 46.3 Å². The summed E-state index contributed by atoms with van der Waals surface area (Å²) in [4.78, 5) is 28.0. The van der Waals surface area contributed by atoms with E-state index in [1.807, 2.05) is 19.9 Å². The van der Waals surface area contributed by atoms with Gasteiger partial charge in [0.2, 0.25) is 21.8 Å². The zero-order valence-corrected chi connectivity index (χ0v) is 22.7. The SMILES string of the molecule is CCS(=O)(=O)N(CC(=O)N(Cc1cccc(OC)c1)[C@H](C)C(=O)NC(C)C)c1ccc2c(c1)OCCO2. The number of anilines is 1. The number of hydrogen-bond acceptors (Lipinski definition) is 7. The Morgan fingerprint density at radius 2 is 1.76 bits per heavy atom. The molecule has 1 heterocycles. The number of ether oxygens (including phenoxy) is 3. The predicted octanol–water partition coefficient (Wildman–Crippen LogP) is 2.56. The molecule has 0 saturated carbocycles. The molecule has 0 bridgehead atoms. The minimum absolute atomic E-state index is 0.0872. The lowest BCUT2D eigenvalue weighted by Crippen LogP contribution is -2.52. The van der Waals surface area contributed by atoms with Crippen LogP contribution in [0.15, 0.2) is 42.5 Å². The molecule has 1 atom stereocenters. The fourth-order valence-electron chi connectivity index (χ4n) is 3.86. The lowest BCUT2D eigenvalue weighted by atomic mass is 10.1. The number of carbonyl (C=O) groups is 2. The molecule has 0 radical (unpaired) electrons. The van der Waals surface area contributed by atoms with Crippen LogP contribution in [0.3, 0.4) is 0 Å². The average molecular weight is 534 g/mol. The molecule has 0 saturated heterocycles. The maximum atomic E-state index is 13.7. The second-order valence-electron chi connectivity index (χ2n) is 8.95. The summed E-state index contributed by atoms with van der Waals surface area (Å²) in [5.41, 5.74) is 1.01. The standard InChI is InChI=1S/C26H35N3O7S/c1-6-37(32,33)29(21-10-11-23-24(15-21)36-13-12-35-23)17-25(30)28(19(4)26(31)27-18(2)3)16-20-8-7-9-22(14-20)34-5/h7-11,14-15,18-19H,6,12-13,16-17H2,1-5H3,(H,27,31)/t19-/m1/s1. The van der Waals surface area contributed by atoms with E-state index >= 15 is 0 Å². The van der Waals surface area contributed by atoms with Gasteiger partial charge in [0.25, 0.3) is 0 Å². The molecular formula is C26H35N3O7S. The van der Waals surface area contributed by atoms with Crippen LogP contribution in [-0.4, -0.2) is 69.8 Å². The van der Waals surface area contributed by atoms with Gasteiger partial charge in [-0.3, -0.25) is 13.9 Å². The molecule has 0 aromatic heterocycles. The van der Waals surface area contributed by atoms with Gasteiger partial charge in [0, 0.05) is 18.7 Å². The summed E-state index contributed by atoms with van der Waals surface area (Å²) in [6.45, 7) is 7.13. The molecule has 0 unspecified atom stereocenters. The predicted molar refractivity (Wildman–Crippen MR) is 141 cm³/mol. The van der Waals surface area contributed by atoms with Crippen molar-refractivity contribution in [3.8, 4) is 17.2 Å². The van der Waals surface area contributed by atoms with Crippen molar-refractivity contribution in [1.82, 2.24) is 10.2 Å². The lowest BCUT2D eigenvalue weighted by molar-refractivity contribution is -0.139. The highest BCUT2D eigenvalue weighted by Crippen LogP contribution is 2.35. The van der Waals surface area contributed by atoms with Gasteiger partial charge in [-0.15, -0.1) is 0 Å². The summed E-state index contributed by atoms with van der Waals surface area (Å²) < 4.78 is 43.7. The number of rotatable bonds is 11. The first kappa shape index (κ1) is 28.1. The van der Waals surface area contributed by atoms with Gasteiger partial charge in [-0.1, -0.05) is 12.1 Å². The Hall–Kier alpha value is -3.47. The molecule has 1 N–H and O–H groups in total. The van der Waals surface area contributed by atoms with Crippen LogP contribution in [0.4, 0.5) is 5.69 Å². The molecule has 0 fully saturated rings. The number of carbonyl (C=O) groups excluding carboxylic acids is 2. The molecule has 11 heteroatoms. The van der Waals surface area contributed by atoms with Crippen molar-refractivity contribution in [1.29, 1.82) is 0 Å². The zero-order chi connectivity index (χ0) is 27.2. The summed E-state index contributed by atoms with van der Waals surface area (Å²) in [5.74, 6) is 0.444. The van der Waals surface area contributed by atoms with Crippen molar-refractivity contribution in [3.63, 3.8) is 0 Å². The fourth-order valence-corrected chi connectivity index (χ4v) is 4.92. The van der Waals surface area contributed by atoms with Gasteiger partial charge in [0.05, 0.1) is 18.6 Å². The number of hydrogen-bond donors (Lipinski definition) is 1. The maximum absolute atomic E-state index is 13.7. The van der Waals surface area contributed by atoms with Gasteiger partial charge in [0.1, 0.15) is 31.5 Å². The van der Waals surface area contributed by atoms with E-state index in [9.17, 15) is 18.0 Å². The largest absolute Gasteiger partial charge is 0.497 e. The molecule has 1 aliphatic rings. The van der Waals surface area contributed by atoms with Crippen LogP contribution in [0.25, 0.3) is 0 Å². The summed E-state index contributed by atoms with van der Waals surface area (Å²) in [6, 6.07) is 10.9. The van der Waals surface area contributed by atoms with Crippen LogP contribution in [-0.2, 0) is 26.2 Å². The van der Waals surface area contributed by atoms with Crippen molar-refractivity contribution in [2.75, 3.05) is 36.9 Å². The Bertz CT molecular complexity index is 1220. The third-order valence-corrected chi connectivity index (χ3v) is 7.62. The third kappa shape index (κ3) is 7.06. The first-order valence-electron chi connectivity index (χ1n) is 12.2. The van der Waals surface area contributed by atoms with Gasteiger partial charge in [-0.25, -0.2) is 8.42 Å². The lowest BCUT2D eigenvalue weighted by Gasteiger charge is -2.32. The molecule has 10 nitrogen and oxygen atoms in total. The van der Waals surface area contributed by atoms with Gasteiger partial charge >= 0.3 is 0 Å². The molecule has 2 amide bonds. The summed E-state index contributed by atoms with van der Waals surface area (Å²) in [5, 5.41) is 2.83. The highest BCUT2D eigenvalue weighted by atomic mass is 32.2. The van der Waals surface area contributed by atoms with Crippen LogP contribution in [0.1, 0.15) is 33.3 Å². The molecule has 2 aromatic rings. The van der Waals surface area contributed by atoms with Gasteiger partial charge in [-0.05, 0) is 57.5 Å². The molecule has 2 aromatic carbocycles. The Morgan fingerprint density at radius 1 is 1.05 bits per heavy atom. The topological polar surface area (TPSA) is 114 Å². The average Bonchev–Trinajstić information content (AvgIpc) is 2.89. The van der Waals surface area contributed by atoms with Crippen LogP contribution >= 0.6 is 0 Å². The van der Waals surface area contributed by atoms with Crippen LogP contribution in [0, 0.1) is 0 Å². The number of amides is 2. The molecule has 0 aliphatic carbocycles. The quantitative estimate of drug-likeness (QED) is 0.472. The molecule has 1 aliphatic heterocycles. The number of nitrogens with one attached hydrogen (secondary N) is 1. The summed E-state index contributed by atoms with van der Waals surface area (Å²) in [7, 11) is -2.30. The Balaban J connectivity index is 1.96. The van der Waals surface area contributed by atoms with Gasteiger partial charge in [-0.2, -0.15) is 0 Å². The first-order valence-corrected chi connectivity index (χ1v) is 13.8. The smallest absolute Gasteiger partial charge is 0.244 e. The van der Waals surface area contributed by atoms with E-state index in [1.54, 1.807) is 50.4 Å². The highest BCUT2D eigenvalue weighted by Gasteiger charge is 2.31. The van der Waals surface area contributed by atoms with Crippen LogP contribution in [0.2, 0.25) is 0 Å². The Labute approximate surface area is 218 Å². The number of benzene rings is 2. The van der Waals surface area contributed by atoms with Crippen molar-refractivity contribution >= 4 is 27.5 Å². The van der Waals surface area contributed by atoms with E-state index in [-0.39, 0.29) is 29.9 Å². The van der Waals surface area contributed by atoms with Crippen LogP contribution in [0.5, 0.6) is 17.2 Å². The third-order valence-electron chi connectivity index (χ3n) is 5.88. The minimum atomic E-state index is -3.85. The van der Waals surface area contributed by atoms with E-state index in [0.717, 1.165) is 9.87 Å². The number of sulfonamides is 1. The minimum Gasteiger partial charge on any atom is -0.497 e. The van der Waals surface area contributed by atoms with Crippen LogP contribution < -0.4 is 23.8 Å². The zero-order valence-electron chi connectivity index (χ0n) is 21.9. The first-order chi connectivity index (χ1) is 17.6. The maximum Gasteiger partial charge on any atom is 0.244 e. The van der Waals surface area contributed by atoms with E-state index < -0.39 is 28.5 Å². The molecule has 0 spiro atoms. The highest BCUT2D eigenvalue weighted by molar-refractivity contribution is 7.92. The summed E-state index contributed by atoms with van der Waals surface area (Å²) in [6.07, 6.45) is 0. The Morgan fingerprint density at radius 3 is 2.41 bits per heavy atom. The van der Waals surface area contributed by atoms with E-state index in [2.05, 4.69) is 5.32 Å². The summed E-state index contributed by atoms with van der Waals surface area (Å²) >= 11 is 0. The molecular weight excluding hydrogens is 498 g/mol. The normalized spacial score (nSPS) is 13.6. The number of methoxy groups -OCH3 is 1. The Kier molecular flexibility index (Phi) is 9.25. The molecule has 3 rings (SSSR count). The second-order valence-corrected chi connectivity index (χ2v) is 11.1. The number of nitrogens with zero attached hydrogens (tertiary/aromatic N) is 2. The van der Waals surface area contributed by atoms with Crippen molar-refractivity contribution in [2.24, 2.45) is 0 Å². The fraction of sp³-hybridized carbons (Fsp3) is 0.462. The van der Waals surface area contributed by atoms with E-state index in [1.165, 1.54) is 11.8 Å². The van der Waals surface area contributed by atoms with Gasteiger partial charge in [0.15, 0.2) is 11.5 Å². The van der Waals surface area contributed by atoms with Gasteiger partial charge < -0.3 is 24.4 Å². The van der Waals surface area contributed by atoms with E-state index in [0.29, 0.717) is 30.5 Å². The molecule has 37 heavy (non-hydrogen) atoms. The second kappa shape index (κ2) is 12.2. The number of fused-ring (bicyclic) bond motifs is 1. The van der Waals surface area contributed by atoms with E-state index in [4.69, 9.17) is 14.2 Å². The van der Waals surface area contributed by atoms with Crippen molar-refractivity contribution < 1.29 is 32.2 Å². The monoisotopic (exact) mass is 533 g/mol.